The van der Waals surface area contributed by atoms with Crippen molar-refractivity contribution in [2.75, 3.05) is 0 Å². The number of hydrogen-bond donors (Lipinski definition) is 1. The van der Waals surface area contributed by atoms with Crippen molar-refractivity contribution in [2.24, 2.45) is 0 Å². The molecule has 3 aromatic rings. The number of rotatable bonds is 4. The van der Waals surface area contributed by atoms with Crippen LogP contribution in [0.5, 0.6) is 0 Å². The molecule has 1 N–H and O–H groups in total. The largest absolute Gasteiger partial charge is 0.467 e. The number of fused-ring (bicyclic) bond motifs is 3. The summed E-state index contributed by atoms with van der Waals surface area (Å²) in [6, 6.07) is 13.7. The van der Waals surface area contributed by atoms with E-state index in [1.165, 1.54) is 19.3 Å². The van der Waals surface area contributed by atoms with E-state index in [1.54, 1.807) is 11.2 Å². The van der Waals surface area contributed by atoms with Crippen LogP contribution in [0.15, 0.2) is 53.1 Å². The lowest BCUT2D eigenvalue weighted by atomic mass is 9.92. The Balaban J connectivity index is 1.50. The molecule has 1 aliphatic heterocycles. The molecule has 0 radical (unpaired) electrons. The monoisotopic (exact) mass is 433 g/mol. The first-order valence-corrected chi connectivity index (χ1v) is 11.8. The fourth-order valence-corrected chi connectivity index (χ4v) is 5.25. The van der Waals surface area contributed by atoms with Gasteiger partial charge in [0.1, 0.15) is 17.0 Å². The molecule has 1 fully saturated rings. The van der Waals surface area contributed by atoms with Gasteiger partial charge in [-0.3, -0.25) is 9.59 Å². The van der Waals surface area contributed by atoms with Gasteiger partial charge < -0.3 is 19.2 Å². The maximum Gasteiger partial charge on any atom is 0.271 e. The zero-order chi connectivity index (χ0) is 22.1. The summed E-state index contributed by atoms with van der Waals surface area (Å²) in [7, 11) is 0. The molecule has 2 amide bonds. The number of carbonyl (C=O) groups is 2. The fourth-order valence-electron chi connectivity index (χ4n) is 5.25. The molecule has 2 aliphatic rings. The van der Waals surface area contributed by atoms with Crippen molar-refractivity contribution in [1.82, 2.24) is 14.8 Å². The number of hydrogen-bond acceptors (Lipinski definition) is 3. The van der Waals surface area contributed by atoms with Crippen molar-refractivity contribution in [1.29, 1.82) is 0 Å². The van der Waals surface area contributed by atoms with Crippen LogP contribution in [0.2, 0.25) is 0 Å². The van der Waals surface area contributed by atoms with Gasteiger partial charge in [-0.2, -0.15) is 0 Å². The van der Waals surface area contributed by atoms with Crippen LogP contribution in [0, 0.1) is 0 Å². The maximum absolute atomic E-state index is 13.8. The quantitative estimate of drug-likeness (QED) is 0.638. The zero-order valence-electron chi connectivity index (χ0n) is 18.7. The highest BCUT2D eigenvalue weighted by atomic mass is 16.3. The van der Waals surface area contributed by atoms with Gasteiger partial charge in [0.2, 0.25) is 5.91 Å². The van der Waals surface area contributed by atoms with Crippen molar-refractivity contribution in [3.8, 4) is 0 Å². The van der Waals surface area contributed by atoms with Crippen LogP contribution in [-0.4, -0.2) is 32.9 Å². The summed E-state index contributed by atoms with van der Waals surface area (Å²) in [5, 5.41) is 4.33. The molecule has 3 heterocycles. The predicted octanol–water partition coefficient (Wildman–Crippen LogP) is 4.88. The van der Waals surface area contributed by atoms with Gasteiger partial charge in [-0.15, -0.1) is 0 Å². The van der Waals surface area contributed by atoms with Gasteiger partial charge in [0.25, 0.3) is 5.91 Å². The van der Waals surface area contributed by atoms with E-state index >= 15 is 0 Å². The molecule has 0 unspecified atom stereocenters. The first kappa shape index (κ1) is 20.9. The molecule has 1 aliphatic carbocycles. The van der Waals surface area contributed by atoms with Crippen molar-refractivity contribution in [3.63, 3.8) is 0 Å². The Bertz CT molecular complexity index is 1110. The Morgan fingerprint density at radius 3 is 2.59 bits per heavy atom. The van der Waals surface area contributed by atoms with Crippen LogP contribution < -0.4 is 5.32 Å². The third kappa shape index (κ3) is 3.72. The average molecular weight is 434 g/mol. The Hall–Kier alpha value is -3.02. The van der Waals surface area contributed by atoms with Crippen molar-refractivity contribution >= 4 is 22.7 Å². The third-order valence-electron chi connectivity index (χ3n) is 7.16. The van der Waals surface area contributed by atoms with E-state index in [-0.39, 0.29) is 24.4 Å². The number of carbonyl (C=O) groups excluding carboxylic acids is 2. The molecule has 6 heteroatoms. The van der Waals surface area contributed by atoms with Crippen molar-refractivity contribution in [3.05, 3.63) is 60.2 Å². The van der Waals surface area contributed by atoms with Crippen LogP contribution in [-0.2, 0) is 17.9 Å². The minimum atomic E-state index is -1.01. The number of nitrogens with zero attached hydrogens (tertiary/aromatic N) is 2. The topological polar surface area (TPSA) is 67.5 Å². The van der Waals surface area contributed by atoms with Crippen LogP contribution in [0.3, 0.4) is 0 Å². The molecule has 6 nitrogen and oxygen atoms in total. The van der Waals surface area contributed by atoms with E-state index in [0.29, 0.717) is 18.0 Å². The smallest absolute Gasteiger partial charge is 0.271 e. The summed E-state index contributed by atoms with van der Waals surface area (Å²) in [4.78, 5) is 29.2. The summed E-state index contributed by atoms with van der Waals surface area (Å²) >= 11 is 0. The maximum atomic E-state index is 13.8. The number of amides is 2. The van der Waals surface area contributed by atoms with Gasteiger partial charge in [-0.1, -0.05) is 50.3 Å². The lowest BCUT2D eigenvalue weighted by Gasteiger charge is -2.44. The van der Waals surface area contributed by atoms with Crippen LogP contribution in [0.1, 0.15) is 68.1 Å². The first-order chi connectivity index (χ1) is 15.6. The molecular formula is C26H31N3O3. The van der Waals surface area contributed by atoms with E-state index in [0.717, 1.165) is 36.6 Å². The van der Waals surface area contributed by atoms with Crippen LogP contribution in [0.4, 0.5) is 0 Å². The van der Waals surface area contributed by atoms with E-state index in [4.69, 9.17) is 4.42 Å². The SMILES string of the molecule is C[C@@]1(C(=O)NC2CCCCCCC2)Cn2c(cc3ccccc32)C(=O)N1Cc1ccco1. The number of para-hydroxylation sites is 1. The number of benzene rings is 1. The molecule has 0 bridgehead atoms. The summed E-state index contributed by atoms with van der Waals surface area (Å²) in [6.45, 7) is 2.58. The molecule has 32 heavy (non-hydrogen) atoms. The minimum Gasteiger partial charge on any atom is -0.467 e. The molecule has 2 aromatic heterocycles. The van der Waals surface area contributed by atoms with E-state index in [1.807, 2.05) is 54.0 Å². The second-order valence-electron chi connectivity index (χ2n) is 9.43. The Labute approximate surface area is 188 Å². The second-order valence-corrected chi connectivity index (χ2v) is 9.43. The zero-order valence-corrected chi connectivity index (χ0v) is 18.7. The number of aromatic nitrogens is 1. The summed E-state index contributed by atoms with van der Waals surface area (Å²) in [6.07, 6.45) is 9.64. The molecule has 0 saturated heterocycles. The lowest BCUT2D eigenvalue weighted by molar-refractivity contribution is -0.134. The first-order valence-electron chi connectivity index (χ1n) is 11.8. The highest BCUT2D eigenvalue weighted by Gasteiger charge is 2.48. The van der Waals surface area contributed by atoms with Crippen molar-refractivity contribution in [2.45, 2.75) is 76.5 Å². The summed E-state index contributed by atoms with van der Waals surface area (Å²) < 4.78 is 7.56. The number of nitrogens with one attached hydrogen (secondary N) is 1. The molecule has 0 spiro atoms. The molecule has 1 atom stereocenters. The number of furan rings is 1. The predicted molar refractivity (Wildman–Crippen MR) is 123 cm³/mol. The van der Waals surface area contributed by atoms with Gasteiger partial charge in [0.05, 0.1) is 19.4 Å². The van der Waals surface area contributed by atoms with E-state index in [9.17, 15) is 9.59 Å². The Kier molecular flexibility index (Phi) is 5.53. The molecule has 1 saturated carbocycles. The summed E-state index contributed by atoms with van der Waals surface area (Å²) in [5.74, 6) is 0.457. The van der Waals surface area contributed by atoms with Gasteiger partial charge in [0, 0.05) is 16.9 Å². The van der Waals surface area contributed by atoms with Gasteiger partial charge in [-0.05, 0) is 44.0 Å². The normalized spacial score (nSPS) is 22.4. The van der Waals surface area contributed by atoms with Crippen LogP contribution in [0.25, 0.3) is 10.9 Å². The standard InChI is InChI=1S/C26H31N3O3/c1-26(25(31)27-20-11-5-3-2-4-6-12-20)18-28-22-14-8-7-10-19(22)16-23(28)24(30)29(26)17-21-13-9-15-32-21/h7-10,13-16,20H,2-6,11-12,17-18H2,1H3,(H,27,31)/t26-/m0/s1. The average Bonchev–Trinajstić information content (AvgIpc) is 3.41. The van der Waals surface area contributed by atoms with Crippen LogP contribution >= 0.6 is 0 Å². The van der Waals surface area contributed by atoms with Gasteiger partial charge in [-0.25, -0.2) is 0 Å². The fraction of sp³-hybridized carbons (Fsp3) is 0.462. The van der Waals surface area contributed by atoms with Crippen molar-refractivity contribution < 1.29 is 14.0 Å². The van der Waals surface area contributed by atoms with Gasteiger partial charge in [0.15, 0.2) is 0 Å². The second kappa shape index (κ2) is 8.49. The highest BCUT2D eigenvalue weighted by molar-refractivity contribution is 6.03. The molecule has 168 valence electrons. The highest BCUT2D eigenvalue weighted by Crippen LogP contribution is 2.34. The molecular weight excluding hydrogens is 402 g/mol. The Morgan fingerprint density at radius 2 is 1.84 bits per heavy atom. The molecule has 1 aromatic carbocycles. The molecule has 5 rings (SSSR count). The summed E-state index contributed by atoms with van der Waals surface area (Å²) in [5.41, 5.74) is 0.591. The lowest BCUT2D eigenvalue weighted by Crippen LogP contribution is -2.64. The van der Waals surface area contributed by atoms with Gasteiger partial charge >= 0.3 is 0 Å². The minimum absolute atomic E-state index is 0.0774. The Morgan fingerprint density at radius 1 is 1.09 bits per heavy atom. The van der Waals surface area contributed by atoms with E-state index < -0.39 is 5.54 Å². The third-order valence-corrected chi connectivity index (χ3v) is 7.16. The van der Waals surface area contributed by atoms with E-state index in [2.05, 4.69) is 5.32 Å².